The van der Waals surface area contributed by atoms with Gasteiger partial charge in [-0.1, -0.05) is 23.9 Å². The van der Waals surface area contributed by atoms with E-state index in [0.29, 0.717) is 12.3 Å². The first-order chi connectivity index (χ1) is 12.4. The van der Waals surface area contributed by atoms with Gasteiger partial charge in [-0.2, -0.15) is 9.36 Å². The molecular formula is C16H21N5O3S2. The average molecular weight is 396 g/mol. The Morgan fingerprint density at radius 3 is 2.73 bits per heavy atom. The van der Waals surface area contributed by atoms with E-state index in [0.717, 1.165) is 21.2 Å². The Morgan fingerprint density at radius 1 is 1.35 bits per heavy atom. The molecule has 0 saturated carbocycles. The molecule has 2 rings (SSSR count). The van der Waals surface area contributed by atoms with Gasteiger partial charge in [-0.25, -0.2) is 4.79 Å². The lowest BCUT2D eigenvalue weighted by Gasteiger charge is -2.11. The Morgan fingerprint density at radius 2 is 2.12 bits per heavy atom. The number of nitrogens with zero attached hydrogens (tertiary/aromatic N) is 5. The number of tetrazole rings is 1. The summed E-state index contributed by atoms with van der Waals surface area (Å²) in [5.41, 5.74) is 2.49. The summed E-state index contributed by atoms with van der Waals surface area (Å²) in [4.78, 5) is 27.4. The number of hydrogen-bond donors (Lipinski definition) is 0. The first-order valence-electron chi connectivity index (χ1n) is 7.86. The molecule has 0 aliphatic carbocycles. The van der Waals surface area contributed by atoms with Gasteiger partial charge in [0.1, 0.15) is 11.0 Å². The Balaban J connectivity index is 2.16. The Labute approximate surface area is 160 Å². The van der Waals surface area contributed by atoms with E-state index in [1.54, 1.807) is 18.8 Å². The van der Waals surface area contributed by atoms with Crippen molar-refractivity contribution in [3.05, 3.63) is 39.8 Å². The van der Waals surface area contributed by atoms with Gasteiger partial charge < -0.3 is 4.74 Å². The minimum absolute atomic E-state index is 0.268. The molecule has 0 spiro atoms. The summed E-state index contributed by atoms with van der Waals surface area (Å²) in [7, 11) is 1.57. The zero-order valence-corrected chi connectivity index (χ0v) is 16.8. The van der Waals surface area contributed by atoms with Gasteiger partial charge >= 0.3 is 11.7 Å². The SMILES string of the molecule is CSC(=NCCOC(C)=O)SCc1c(C)cccc1-n1nnn(C)c1=O. The topological polar surface area (TPSA) is 91.4 Å². The number of carbonyl (C=O) groups excluding carboxylic acids is 1. The van der Waals surface area contributed by atoms with Crippen molar-refractivity contribution in [2.24, 2.45) is 12.0 Å². The fourth-order valence-electron chi connectivity index (χ4n) is 2.17. The molecule has 0 bridgehead atoms. The van der Waals surface area contributed by atoms with Crippen molar-refractivity contribution in [3.63, 3.8) is 0 Å². The average Bonchev–Trinajstić information content (AvgIpc) is 2.94. The van der Waals surface area contributed by atoms with E-state index in [-0.39, 0.29) is 18.3 Å². The van der Waals surface area contributed by atoms with Crippen molar-refractivity contribution in [3.8, 4) is 5.69 Å². The van der Waals surface area contributed by atoms with E-state index in [4.69, 9.17) is 4.74 Å². The van der Waals surface area contributed by atoms with Crippen molar-refractivity contribution < 1.29 is 9.53 Å². The Kier molecular flexibility index (Phi) is 7.46. The van der Waals surface area contributed by atoms with Gasteiger partial charge in [0.25, 0.3) is 0 Å². The van der Waals surface area contributed by atoms with E-state index in [1.165, 1.54) is 28.0 Å². The summed E-state index contributed by atoms with van der Waals surface area (Å²) in [6, 6.07) is 5.75. The molecule has 0 amide bonds. The number of ether oxygens (including phenoxy) is 1. The molecule has 1 aromatic heterocycles. The monoisotopic (exact) mass is 395 g/mol. The number of thioether (sulfide) groups is 2. The van der Waals surface area contributed by atoms with Gasteiger partial charge in [-0.05, 0) is 40.8 Å². The number of rotatable bonds is 6. The third kappa shape index (κ3) is 5.21. The highest BCUT2D eigenvalue weighted by molar-refractivity contribution is 8.38. The van der Waals surface area contributed by atoms with Gasteiger partial charge in [0.05, 0.1) is 12.2 Å². The number of aliphatic imine (C=N–C) groups is 1. The maximum atomic E-state index is 12.2. The van der Waals surface area contributed by atoms with Crippen molar-refractivity contribution in [2.75, 3.05) is 19.4 Å². The Hall–Kier alpha value is -2.07. The normalized spacial score (nSPS) is 11.6. The van der Waals surface area contributed by atoms with Crippen molar-refractivity contribution in [1.29, 1.82) is 0 Å². The summed E-state index contributed by atoms with van der Waals surface area (Å²) in [6.07, 6.45) is 1.95. The molecular weight excluding hydrogens is 374 g/mol. The fraction of sp³-hybridized carbons (Fsp3) is 0.438. The van der Waals surface area contributed by atoms with E-state index in [2.05, 4.69) is 15.4 Å². The first-order valence-corrected chi connectivity index (χ1v) is 10.1. The molecule has 0 unspecified atom stereocenters. The number of carbonyl (C=O) groups is 1. The summed E-state index contributed by atoms with van der Waals surface area (Å²) in [5.74, 6) is 0.329. The van der Waals surface area contributed by atoms with Crippen molar-refractivity contribution in [1.82, 2.24) is 19.8 Å². The molecule has 0 saturated heterocycles. The molecule has 26 heavy (non-hydrogen) atoms. The summed E-state index contributed by atoms with van der Waals surface area (Å²) in [5, 5.41) is 7.72. The molecule has 10 heteroatoms. The van der Waals surface area contributed by atoms with Crippen LogP contribution in [0.4, 0.5) is 0 Å². The smallest absolute Gasteiger partial charge is 0.368 e. The van der Waals surface area contributed by atoms with Crippen LogP contribution in [0, 0.1) is 6.92 Å². The third-order valence-electron chi connectivity index (χ3n) is 3.49. The highest BCUT2D eigenvalue weighted by Crippen LogP contribution is 2.26. The lowest BCUT2D eigenvalue weighted by atomic mass is 10.1. The van der Waals surface area contributed by atoms with Crippen LogP contribution in [0.3, 0.4) is 0 Å². The predicted octanol–water partition coefficient (Wildman–Crippen LogP) is 1.79. The largest absolute Gasteiger partial charge is 0.464 e. The van der Waals surface area contributed by atoms with Crippen LogP contribution in [0.5, 0.6) is 0 Å². The molecule has 0 atom stereocenters. The molecule has 140 valence electrons. The van der Waals surface area contributed by atoms with Crippen LogP contribution in [0.1, 0.15) is 18.1 Å². The number of esters is 1. The van der Waals surface area contributed by atoms with Gasteiger partial charge in [-0.3, -0.25) is 9.79 Å². The number of aryl methyl sites for hydroxylation is 2. The second-order valence-electron chi connectivity index (χ2n) is 5.35. The van der Waals surface area contributed by atoms with E-state index in [9.17, 15) is 9.59 Å². The van der Waals surface area contributed by atoms with Crippen LogP contribution in [-0.4, -0.2) is 49.5 Å². The first kappa shape index (κ1) is 20.2. The molecule has 1 aromatic carbocycles. The van der Waals surface area contributed by atoms with Gasteiger partial charge in [0.15, 0.2) is 0 Å². The molecule has 8 nitrogen and oxygen atoms in total. The minimum atomic E-state index is -0.308. The summed E-state index contributed by atoms with van der Waals surface area (Å²) < 4.78 is 8.28. The maximum Gasteiger partial charge on any atom is 0.368 e. The zero-order valence-electron chi connectivity index (χ0n) is 15.1. The number of hydrogen-bond acceptors (Lipinski definition) is 8. The lowest BCUT2D eigenvalue weighted by molar-refractivity contribution is -0.140. The maximum absolute atomic E-state index is 12.2. The van der Waals surface area contributed by atoms with E-state index < -0.39 is 0 Å². The molecule has 0 aliphatic heterocycles. The third-order valence-corrected chi connectivity index (χ3v) is 5.63. The molecule has 0 aliphatic rings. The van der Waals surface area contributed by atoms with E-state index >= 15 is 0 Å². The van der Waals surface area contributed by atoms with E-state index in [1.807, 2.05) is 31.4 Å². The molecule has 0 fully saturated rings. The van der Waals surface area contributed by atoms with Crippen LogP contribution < -0.4 is 5.69 Å². The quantitative estimate of drug-likeness (QED) is 0.319. The summed E-state index contributed by atoms with van der Waals surface area (Å²) >= 11 is 3.11. The van der Waals surface area contributed by atoms with Crippen LogP contribution >= 0.6 is 23.5 Å². The number of aromatic nitrogens is 4. The zero-order chi connectivity index (χ0) is 19.1. The number of benzene rings is 1. The standard InChI is InChI=1S/C16H21N5O3S2/c1-11-6-5-7-14(21-16(23)20(3)18-19-21)13(11)10-26-15(25-4)17-8-9-24-12(2)22/h5-7H,8-10H2,1-4H3. The fourth-order valence-corrected chi connectivity index (χ4v) is 3.86. The van der Waals surface area contributed by atoms with Crippen LogP contribution in [-0.2, 0) is 22.3 Å². The molecule has 2 aromatic rings. The molecule has 0 N–H and O–H groups in total. The predicted molar refractivity (Wildman–Crippen MR) is 105 cm³/mol. The van der Waals surface area contributed by atoms with Crippen LogP contribution in [0.15, 0.2) is 28.0 Å². The Bertz CT molecular complexity index is 860. The van der Waals surface area contributed by atoms with Crippen LogP contribution in [0.25, 0.3) is 5.69 Å². The van der Waals surface area contributed by atoms with Gasteiger partial charge in [-0.15, -0.1) is 11.8 Å². The molecule has 0 radical (unpaired) electrons. The highest BCUT2D eigenvalue weighted by Gasteiger charge is 2.13. The highest BCUT2D eigenvalue weighted by atomic mass is 32.2. The van der Waals surface area contributed by atoms with Gasteiger partial charge in [0.2, 0.25) is 0 Å². The summed E-state index contributed by atoms with van der Waals surface area (Å²) in [6.45, 7) is 4.07. The van der Waals surface area contributed by atoms with Crippen molar-refractivity contribution in [2.45, 2.75) is 19.6 Å². The van der Waals surface area contributed by atoms with Crippen LogP contribution in [0.2, 0.25) is 0 Å². The second kappa shape index (κ2) is 9.58. The van der Waals surface area contributed by atoms with Gasteiger partial charge in [0, 0.05) is 19.7 Å². The van der Waals surface area contributed by atoms with Crippen molar-refractivity contribution >= 4 is 33.9 Å². The lowest BCUT2D eigenvalue weighted by Crippen LogP contribution is -2.23. The second-order valence-corrected chi connectivity index (χ2v) is 7.37. The molecule has 1 heterocycles. The minimum Gasteiger partial charge on any atom is -0.464 e.